The van der Waals surface area contributed by atoms with Crippen molar-refractivity contribution in [3.8, 4) is 0 Å². The smallest absolute Gasteiger partial charge is 0.748 e. The molecule has 0 saturated heterocycles. The number of sulfone groups is 1. The van der Waals surface area contributed by atoms with Gasteiger partial charge >= 0.3 is 29.6 Å². The van der Waals surface area contributed by atoms with Gasteiger partial charge in [0.15, 0.2) is 0 Å². The number of nitrogens with zero attached hydrogens (tertiary/aromatic N) is 1. The zero-order valence-corrected chi connectivity index (χ0v) is 27.2. The number of carbonyl (C=O) groups is 2. The number of rotatable bonds is 11. The van der Waals surface area contributed by atoms with Gasteiger partial charge in [0.1, 0.15) is 4.91 Å². The average molecular weight is 645 g/mol. The maximum Gasteiger partial charge on any atom is 1.00 e. The van der Waals surface area contributed by atoms with Crippen molar-refractivity contribution in [2.45, 2.75) is 16.2 Å². The van der Waals surface area contributed by atoms with Crippen LogP contribution in [0.4, 0.5) is 11.4 Å². The quantitative estimate of drug-likeness (QED) is 0.148. The fourth-order valence-electron chi connectivity index (χ4n) is 4.07. The van der Waals surface area contributed by atoms with Crippen LogP contribution in [-0.4, -0.2) is 68.6 Å². The van der Waals surface area contributed by atoms with Crippen LogP contribution < -0.4 is 39.8 Å². The van der Waals surface area contributed by atoms with E-state index in [1.807, 2.05) is 4.90 Å². The molecule has 2 N–H and O–H groups in total. The van der Waals surface area contributed by atoms with Crippen molar-refractivity contribution in [2.24, 2.45) is 0 Å². The average Bonchev–Trinajstić information content (AvgIpc) is 3.32. The Balaban J connectivity index is 0.00000462. The molecule has 15 heteroatoms. The van der Waals surface area contributed by atoms with E-state index in [4.69, 9.17) is 5.11 Å². The third-order valence-electron chi connectivity index (χ3n) is 5.79. The molecular weight excluding hydrogens is 620 g/mol. The summed E-state index contributed by atoms with van der Waals surface area (Å²) in [5.74, 6) is -0.675. The molecule has 2 heterocycles. The summed E-state index contributed by atoms with van der Waals surface area (Å²) in [5, 5.41) is 12.4. The van der Waals surface area contributed by atoms with E-state index in [-0.39, 0.29) is 76.2 Å². The number of hydrogen-bond acceptors (Lipinski definition) is 11. The van der Waals surface area contributed by atoms with E-state index in [1.165, 1.54) is 47.8 Å². The van der Waals surface area contributed by atoms with Gasteiger partial charge in [0.05, 0.1) is 38.1 Å². The standard InChI is InChI=1S/C26H26N2O8S4.Na/c29-13-14-37-17-24(30)27-18-10-11-20-21(16-18)38-25(28(20)12-5-15-39(32,33)34)9-4-3-8-23-26(31)19-6-1-2-7-22(19)40(23,35)36;/h1-4,6-11,16,29H,5,12-15,17H2,(H,27,30)(H,32,33,34);/q;+1/p-1/b4-3+,23-8-,25-9-;. The van der Waals surface area contributed by atoms with Crippen molar-refractivity contribution in [2.75, 3.05) is 40.6 Å². The predicted octanol–water partition coefficient (Wildman–Crippen LogP) is 0.154. The summed E-state index contributed by atoms with van der Waals surface area (Å²) in [6.07, 6.45) is 6.05. The summed E-state index contributed by atoms with van der Waals surface area (Å²) >= 11 is 2.65. The normalized spacial score (nSPS) is 17.6. The number of benzene rings is 2. The van der Waals surface area contributed by atoms with Gasteiger partial charge < -0.3 is 19.9 Å². The molecule has 0 atom stereocenters. The number of allylic oxidation sites excluding steroid dienone is 5. The fraction of sp³-hybridized carbons (Fsp3) is 0.231. The third kappa shape index (κ3) is 8.36. The number of carbonyl (C=O) groups excluding carboxylic acids is 2. The minimum atomic E-state index is -4.39. The Morgan fingerprint density at radius 1 is 1.15 bits per heavy atom. The number of anilines is 2. The topological polar surface area (TPSA) is 161 Å². The second kappa shape index (κ2) is 14.5. The van der Waals surface area contributed by atoms with Gasteiger partial charge in [-0.1, -0.05) is 36.0 Å². The predicted molar refractivity (Wildman–Crippen MR) is 155 cm³/mol. The molecule has 0 radical (unpaired) electrons. The van der Waals surface area contributed by atoms with Crippen LogP contribution in [0.1, 0.15) is 16.8 Å². The van der Waals surface area contributed by atoms with Gasteiger partial charge in [-0.05, 0) is 48.9 Å². The molecule has 0 spiro atoms. The SMILES string of the molecule is O=C(CSCCO)Nc1ccc2c(c1)S\C(=C/C=C/C=C1/C(=O)c3ccccc3S1(=O)=O)N2CCCS(=O)(=O)[O-].[Na+]. The van der Waals surface area contributed by atoms with Gasteiger partial charge in [0.25, 0.3) is 0 Å². The number of thioether (sulfide) groups is 2. The van der Waals surface area contributed by atoms with Crippen molar-refractivity contribution >= 4 is 66.5 Å². The molecule has 10 nitrogen and oxygen atoms in total. The van der Waals surface area contributed by atoms with Crippen LogP contribution in [-0.2, 0) is 24.7 Å². The number of amides is 1. The number of Topliss-reactive ketones (excluding diaryl/α,β-unsaturated/α-hetero) is 1. The number of aliphatic hydroxyl groups excluding tert-OH is 1. The van der Waals surface area contributed by atoms with E-state index in [9.17, 15) is 31.0 Å². The maximum atomic E-state index is 12.8. The second-order valence-electron chi connectivity index (χ2n) is 8.63. The summed E-state index contributed by atoms with van der Waals surface area (Å²) in [6.45, 7) is 0.214. The molecule has 0 saturated carbocycles. The van der Waals surface area contributed by atoms with Crippen LogP contribution in [0.25, 0.3) is 0 Å². The zero-order valence-electron chi connectivity index (χ0n) is 22.0. The van der Waals surface area contributed by atoms with E-state index in [0.717, 1.165) is 10.6 Å². The molecule has 1 amide bonds. The van der Waals surface area contributed by atoms with Crippen molar-refractivity contribution in [3.05, 3.63) is 82.3 Å². The Morgan fingerprint density at radius 3 is 2.59 bits per heavy atom. The van der Waals surface area contributed by atoms with Crippen molar-refractivity contribution in [3.63, 3.8) is 0 Å². The minimum absolute atomic E-state index is 0. The van der Waals surface area contributed by atoms with Crippen molar-refractivity contribution in [1.29, 1.82) is 0 Å². The van der Waals surface area contributed by atoms with Gasteiger partial charge in [-0.25, -0.2) is 16.8 Å². The summed E-state index contributed by atoms with van der Waals surface area (Å²) < 4.78 is 58.9. The maximum absolute atomic E-state index is 12.8. The Bertz CT molecular complexity index is 1640. The monoisotopic (exact) mass is 644 g/mol. The molecular formula is C26H25N2NaO8S4. The number of aliphatic hydroxyl groups is 1. The minimum Gasteiger partial charge on any atom is -0.748 e. The zero-order chi connectivity index (χ0) is 28.9. The second-order valence-corrected chi connectivity index (χ2v) is 14.2. The van der Waals surface area contributed by atoms with Gasteiger partial charge in [-0.2, -0.15) is 0 Å². The van der Waals surface area contributed by atoms with E-state index in [2.05, 4.69) is 5.32 Å². The Kier molecular flexibility index (Phi) is 11.9. The Morgan fingerprint density at radius 2 is 1.88 bits per heavy atom. The summed E-state index contributed by atoms with van der Waals surface area (Å²) in [7, 11) is -8.30. The Labute approximate surface area is 269 Å². The first-order valence-electron chi connectivity index (χ1n) is 12.0. The molecule has 0 fully saturated rings. The van der Waals surface area contributed by atoms with E-state index in [0.29, 0.717) is 16.5 Å². The molecule has 0 aromatic heterocycles. The fourth-order valence-corrected chi connectivity index (χ4v) is 7.78. The van der Waals surface area contributed by atoms with Crippen molar-refractivity contribution < 1.29 is 65.6 Å². The molecule has 0 unspecified atom stereocenters. The summed E-state index contributed by atoms with van der Waals surface area (Å²) in [5.41, 5.74) is 1.45. The van der Waals surface area contributed by atoms with Gasteiger partial charge in [-0.3, -0.25) is 9.59 Å². The van der Waals surface area contributed by atoms with E-state index < -0.39 is 31.5 Å². The number of ketones is 1. The first kappa shape index (κ1) is 33.6. The molecule has 212 valence electrons. The van der Waals surface area contributed by atoms with Crippen molar-refractivity contribution in [1.82, 2.24) is 0 Å². The largest absolute Gasteiger partial charge is 1.00 e. The number of nitrogens with one attached hydrogen (secondary N) is 1. The first-order chi connectivity index (χ1) is 19.0. The van der Waals surface area contributed by atoms with Crippen LogP contribution >= 0.6 is 23.5 Å². The molecule has 2 aliphatic rings. The Hall–Kier alpha value is -1.88. The van der Waals surface area contributed by atoms with Crippen LogP contribution in [0.15, 0.2) is 86.5 Å². The summed E-state index contributed by atoms with van der Waals surface area (Å²) in [6, 6.07) is 11.3. The molecule has 0 aliphatic carbocycles. The van der Waals surface area contributed by atoms with Gasteiger partial charge in [0.2, 0.25) is 21.5 Å². The van der Waals surface area contributed by atoms with Crippen LogP contribution in [0.3, 0.4) is 0 Å². The molecule has 2 aliphatic heterocycles. The van der Waals surface area contributed by atoms with Gasteiger partial charge in [-0.15, -0.1) is 11.8 Å². The molecule has 4 rings (SSSR count). The molecule has 2 aromatic rings. The number of hydrogen-bond donors (Lipinski definition) is 2. The third-order valence-corrected chi connectivity index (χ3v) is 10.5. The van der Waals surface area contributed by atoms with E-state index >= 15 is 0 Å². The van der Waals surface area contributed by atoms with Crippen LogP contribution in [0.2, 0.25) is 0 Å². The van der Waals surface area contributed by atoms with Crippen LogP contribution in [0.5, 0.6) is 0 Å². The molecule has 0 bridgehead atoms. The number of fused-ring (bicyclic) bond motifs is 2. The summed E-state index contributed by atoms with van der Waals surface area (Å²) in [4.78, 5) is 27.1. The molecule has 2 aromatic carbocycles. The van der Waals surface area contributed by atoms with Crippen LogP contribution in [0, 0.1) is 0 Å². The first-order valence-corrected chi connectivity index (χ1v) is 17.0. The van der Waals surface area contributed by atoms with Gasteiger partial charge in [0, 0.05) is 34.2 Å². The van der Waals surface area contributed by atoms with E-state index in [1.54, 1.807) is 42.5 Å². The molecule has 41 heavy (non-hydrogen) atoms.